The first-order valence-electron chi connectivity index (χ1n) is 4.95. The van der Waals surface area contributed by atoms with Gasteiger partial charge in [0.25, 0.3) is 0 Å². The lowest BCUT2D eigenvalue weighted by atomic mass is 9.83. The minimum atomic E-state index is -0.737. The molecule has 15 heavy (non-hydrogen) atoms. The molecule has 0 unspecified atom stereocenters. The second kappa shape index (κ2) is 4.64. The highest BCUT2D eigenvalue weighted by atomic mass is 16.5. The third-order valence-corrected chi connectivity index (χ3v) is 2.58. The summed E-state index contributed by atoms with van der Waals surface area (Å²) in [5.41, 5.74) is 0.133. The second-order valence-corrected chi connectivity index (χ2v) is 4.29. The first-order chi connectivity index (χ1) is 7.03. The molecule has 0 saturated heterocycles. The van der Waals surface area contributed by atoms with Gasteiger partial charge in [0.15, 0.2) is 0 Å². The smallest absolute Gasteiger partial charge is 0.124 e. The van der Waals surface area contributed by atoms with Gasteiger partial charge in [-0.1, -0.05) is 32.0 Å². The largest absolute Gasteiger partial charge is 0.496 e. The molecule has 0 radical (unpaired) electrons. The SMILES string of the molecule is COc1ccccc1[C@@H](O)C(C)(C)CO. The molecule has 0 heterocycles. The summed E-state index contributed by atoms with van der Waals surface area (Å²) in [4.78, 5) is 0. The number of hydrogen-bond acceptors (Lipinski definition) is 3. The summed E-state index contributed by atoms with van der Waals surface area (Å²) in [7, 11) is 1.57. The Morgan fingerprint density at radius 1 is 1.33 bits per heavy atom. The summed E-state index contributed by atoms with van der Waals surface area (Å²) < 4.78 is 5.16. The number of para-hydroxylation sites is 1. The first kappa shape index (κ1) is 12.0. The zero-order valence-electron chi connectivity index (χ0n) is 9.40. The van der Waals surface area contributed by atoms with Crippen LogP contribution in [0.4, 0.5) is 0 Å². The van der Waals surface area contributed by atoms with Crippen molar-refractivity contribution < 1.29 is 14.9 Å². The van der Waals surface area contributed by atoms with Gasteiger partial charge in [-0.2, -0.15) is 0 Å². The Morgan fingerprint density at radius 3 is 2.47 bits per heavy atom. The molecule has 2 N–H and O–H groups in total. The van der Waals surface area contributed by atoms with Gasteiger partial charge < -0.3 is 14.9 Å². The maximum atomic E-state index is 10.1. The molecule has 0 bridgehead atoms. The number of ether oxygens (including phenoxy) is 1. The number of aliphatic hydroxyl groups excluding tert-OH is 2. The van der Waals surface area contributed by atoms with Crippen molar-refractivity contribution in [1.82, 2.24) is 0 Å². The molecule has 1 aromatic carbocycles. The van der Waals surface area contributed by atoms with E-state index in [-0.39, 0.29) is 6.61 Å². The third kappa shape index (κ3) is 2.49. The van der Waals surface area contributed by atoms with Gasteiger partial charge in [-0.15, -0.1) is 0 Å². The molecule has 0 saturated carbocycles. The van der Waals surface area contributed by atoms with Gasteiger partial charge in [0.1, 0.15) is 5.75 Å². The van der Waals surface area contributed by atoms with E-state index in [1.54, 1.807) is 19.2 Å². The van der Waals surface area contributed by atoms with E-state index in [1.165, 1.54) is 0 Å². The van der Waals surface area contributed by atoms with Crippen LogP contribution >= 0.6 is 0 Å². The molecule has 84 valence electrons. The highest BCUT2D eigenvalue weighted by Gasteiger charge is 2.30. The minimum Gasteiger partial charge on any atom is -0.496 e. The van der Waals surface area contributed by atoms with E-state index < -0.39 is 11.5 Å². The summed E-state index contributed by atoms with van der Waals surface area (Å²) in [5, 5.41) is 19.3. The fourth-order valence-electron chi connectivity index (χ4n) is 1.40. The Balaban J connectivity index is 3.05. The van der Waals surface area contributed by atoms with E-state index in [2.05, 4.69) is 0 Å². The van der Waals surface area contributed by atoms with Crippen molar-refractivity contribution in [3.8, 4) is 5.75 Å². The average Bonchev–Trinajstić information content (AvgIpc) is 2.28. The summed E-state index contributed by atoms with van der Waals surface area (Å²) in [6, 6.07) is 7.29. The number of methoxy groups -OCH3 is 1. The van der Waals surface area contributed by atoms with Crippen LogP contribution in [0.5, 0.6) is 5.75 Å². The molecule has 0 amide bonds. The quantitative estimate of drug-likeness (QED) is 0.796. The topological polar surface area (TPSA) is 49.7 Å². The van der Waals surface area contributed by atoms with Crippen LogP contribution < -0.4 is 4.74 Å². The summed E-state index contributed by atoms with van der Waals surface area (Å²) in [6.45, 7) is 3.54. The maximum Gasteiger partial charge on any atom is 0.124 e. The monoisotopic (exact) mass is 210 g/mol. The summed E-state index contributed by atoms with van der Waals surface area (Å²) >= 11 is 0. The van der Waals surface area contributed by atoms with Crippen LogP contribution in [0.25, 0.3) is 0 Å². The number of rotatable bonds is 4. The molecule has 1 atom stereocenters. The zero-order valence-corrected chi connectivity index (χ0v) is 9.40. The van der Waals surface area contributed by atoms with Gasteiger partial charge in [-0.05, 0) is 6.07 Å². The molecule has 0 aromatic heterocycles. The minimum absolute atomic E-state index is 0.0772. The van der Waals surface area contributed by atoms with Crippen LogP contribution in [-0.2, 0) is 0 Å². The molecular formula is C12H18O3. The normalized spacial score (nSPS) is 13.7. The number of aliphatic hydroxyl groups is 2. The molecular weight excluding hydrogens is 192 g/mol. The molecule has 1 rings (SSSR count). The highest BCUT2D eigenvalue weighted by Crippen LogP contribution is 2.36. The van der Waals surface area contributed by atoms with Gasteiger partial charge in [0.2, 0.25) is 0 Å². The van der Waals surface area contributed by atoms with Gasteiger partial charge in [0.05, 0.1) is 19.8 Å². The van der Waals surface area contributed by atoms with Gasteiger partial charge >= 0.3 is 0 Å². The van der Waals surface area contributed by atoms with Crippen molar-refractivity contribution in [2.45, 2.75) is 20.0 Å². The second-order valence-electron chi connectivity index (χ2n) is 4.29. The standard InChI is InChI=1S/C12H18O3/c1-12(2,8-13)11(14)9-6-4-5-7-10(9)15-3/h4-7,11,13-14H,8H2,1-3H3/t11-/m1/s1. The lowest BCUT2D eigenvalue weighted by Gasteiger charge is -2.29. The third-order valence-electron chi connectivity index (χ3n) is 2.58. The molecule has 3 heteroatoms. The van der Waals surface area contributed by atoms with Crippen LogP contribution in [0.2, 0.25) is 0 Å². The Kier molecular flexibility index (Phi) is 3.72. The molecule has 0 aliphatic rings. The fraction of sp³-hybridized carbons (Fsp3) is 0.500. The Hall–Kier alpha value is -1.06. The van der Waals surface area contributed by atoms with Crippen LogP contribution in [0.3, 0.4) is 0 Å². The molecule has 0 fully saturated rings. The van der Waals surface area contributed by atoms with E-state index in [0.29, 0.717) is 11.3 Å². The van der Waals surface area contributed by atoms with E-state index in [4.69, 9.17) is 4.74 Å². The molecule has 0 spiro atoms. The van der Waals surface area contributed by atoms with E-state index in [0.717, 1.165) is 0 Å². The van der Waals surface area contributed by atoms with Crippen LogP contribution in [0.1, 0.15) is 25.5 Å². The van der Waals surface area contributed by atoms with Crippen LogP contribution in [0.15, 0.2) is 24.3 Å². The van der Waals surface area contributed by atoms with Crippen LogP contribution in [0, 0.1) is 5.41 Å². The Bertz CT molecular complexity index is 320. The van der Waals surface area contributed by atoms with E-state index in [9.17, 15) is 10.2 Å². The maximum absolute atomic E-state index is 10.1. The predicted molar refractivity (Wildman–Crippen MR) is 58.8 cm³/mol. The highest BCUT2D eigenvalue weighted by molar-refractivity contribution is 5.35. The lowest BCUT2D eigenvalue weighted by molar-refractivity contribution is 0.00505. The molecule has 0 aliphatic heterocycles. The van der Waals surface area contributed by atoms with Gasteiger partial charge in [-0.25, -0.2) is 0 Å². The summed E-state index contributed by atoms with van der Waals surface area (Å²) in [6.07, 6.45) is -0.737. The Labute approximate surface area is 90.3 Å². The Morgan fingerprint density at radius 2 is 1.93 bits per heavy atom. The van der Waals surface area contributed by atoms with Gasteiger partial charge in [0, 0.05) is 11.0 Å². The van der Waals surface area contributed by atoms with Crippen molar-refractivity contribution >= 4 is 0 Å². The van der Waals surface area contributed by atoms with Crippen molar-refractivity contribution in [1.29, 1.82) is 0 Å². The van der Waals surface area contributed by atoms with Crippen molar-refractivity contribution in [3.63, 3.8) is 0 Å². The van der Waals surface area contributed by atoms with Crippen molar-refractivity contribution in [2.75, 3.05) is 13.7 Å². The zero-order chi connectivity index (χ0) is 11.5. The predicted octanol–water partition coefficient (Wildman–Crippen LogP) is 1.75. The van der Waals surface area contributed by atoms with Gasteiger partial charge in [-0.3, -0.25) is 0 Å². The van der Waals surface area contributed by atoms with E-state index >= 15 is 0 Å². The molecule has 1 aromatic rings. The summed E-state index contributed by atoms with van der Waals surface area (Å²) in [5.74, 6) is 0.645. The van der Waals surface area contributed by atoms with Crippen molar-refractivity contribution in [2.24, 2.45) is 5.41 Å². The number of benzene rings is 1. The van der Waals surface area contributed by atoms with E-state index in [1.807, 2.05) is 26.0 Å². The fourth-order valence-corrected chi connectivity index (χ4v) is 1.40. The van der Waals surface area contributed by atoms with Crippen molar-refractivity contribution in [3.05, 3.63) is 29.8 Å². The van der Waals surface area contributed by atoms with Crippen LogP contribution in [-0.4, -0.2) is 23.9 Å². The molecule has 0 aliphatic carbocycles. The first-order valence-corrected chi connectivity index (χ1v) is 4.95. The lowest BCUT2D eigenvalue weighted by Crippen LogP contribution is -2.26. The average molecular weight is 210 g/mol. The number of hydrogen-bond donors (Lipinski definition) is 2. The molecule has 3 nitrogen and oxygen atoms in total.